The Morgan fingerprint density at radius 1 is 1.20 bits per heavy atom. The summed E-state index contributed by atoms with van der Waals surface area (Å²) in [6.07, 6.45) is 9.20. The lowest BCUT2D eigenvalue weighted by molar-refractivity contribution is -0.130. The Kier molecular flexibility index (Phi) is 9.96. The number of H-pyrrole nitrogens is 1. The molecule has 1 aromatic heterocycles. The van der Waals surface area contributed by atoms with Crippen LogP contribution in [0.2, 0.25) is 0 Å². The first kappa shape index (κ1) is 20.7. The van der Waals surface area contributed by atoms with Crippen molar-refractivity contribution >= 4 is 17.7 Å². The van der Waals surface area contributed by atoms with Crippen LogP contribution in [0.5, 0.6) is 0 Å². The summed E-state index contributed by atoms with van der Waals surface area (Å²) in [6.45, 7) is 2.54. The van der Waals surface area contributed by atoms with Crippen molar-refractivity contribution in [2.24, 2.45) is 5.73 Å². The van der Waals surface area contributed by atoms with Crippen molar-refractivity contribution in [2.75, 3.05) is 6.54 Å². The molecule has 0 saturated heterocycles. The van der Waals surface area contributed by atoms with Gasteiger partial charge in [0.05, 0.1) is 12.7 Å². The van der Waals surface area contributed by atoms with Gasteiger partial charge in [-0.15, -0.1) is 0 Å². The number of hydrogen-bond donors (Lipinski definition) is 4. The highest BCUT2D eigenvalue weighted by Crippen LogP contribution is 2.05. The number of aromatic amines is 1. The van der Waals surface area contributed by atoms with Gasteiger partial charge in [-0.1, -0.05) is 32.6 Å². The molecule has 0 saturated carbocycles. The standard InChI is InChI=1S/C17H29N5O3/c1-2-3-4-5-6-7-15(23)22-14(17(18)25)10-16(24)20-9-8-13-11-19-12-21-13/h11-12,14H,2-10H2,1H3,(H2,18,25)(H,19,21)(H,20,24)(H,22,23). The Hall–Kier alpha value is -2.38. The number of imidazole rings is 1. The molecule has 0 aromatic carbocycles. The summed E-state index contributed by atoms with van der Waals surface area (Å²) in [4.78, 5) is 42.1. The third kappa shape index (κ3) is 9.49. The third-order valence-corrected chi connectivity index (χ3v) is 3.85. The van der Waals surface area contributed by atoms with Gasteiger partial charge in [0.25, 0.3) is 0 Å². The van der Waals surface area contributed by atoms with Crippen molar-refractivity contribution < 1.29 is 14.4 Å². The third-order valence-electron chi connectivity index (χ3n) is 3.85. The van der Waals surface area contributed by atoms with Gasteiger partial charge in [-0.25, -0.2) is 4.98 Å². The van der Waals surface area contributed by atoms with Crippen molar-refractivity contribution in [2.45, 2.75) is 64.3 Å². The maximum Gasteiger partial charge on any atom is 0.240 e. The summed E-state index contributed by atoms with van der Waals surface area (Å²) in [5, 5.41) is 5.25. The van der Waals surface area contributed by atoms with E-state index < -0.39 is 11.9 Å². The predicted molar refractivity (Wildman–Crippen MR) is 94.4 cm³/mol. The Morgan fingerprint density at radius 2 is 1.96 bits per heavy atom. The van der Waals surface area contributed by atoms with Gasteiger partial charge in [-0.3, -0.25) is 14.4 Å². The number of aromatic nitrogens is 2. The van der Waals surface area contributed by atoms with Crippen LogP contribution in [0, 0.1) is 0 Å². The van der Waals surface area contributed by atoms with Gasteiger partial charge in [-0.05, 0) is 6.42 Å². The molecular weight excluding hydrogens is 322 g/mol. The normalized spacial score (nSPS) is 11.7. The maximum atomic E-state index is 11.9. The molecule has 1 atom stereocenters. The number of nitrogens with one attached hydrogen (secondary N) is 3. The fourth-order valence-corrected chi connectivity index (χ4v) is 2.39. The average Bonchev–Trinajstić information content (AvgIpc) is 3.07. The first-order valence-electron chi connectivity index (χ1n) is 8.85. The van der Waals surface area contributed by atoms with Crippen LogP contribution in [0.4, 0.5) is 0 Å². The smallest absolute Gasteiger partial charge is 0.240 e. The molecule has 140 valence electrons. The lowest BCUT2D eigenvalue weighted by atomic mass is 10.1. The monoisotopic (exact) mass is 351 g/mol. The number of unbranched alkanes of at least 4 members (excludes halogenated alkanes) is 4. The molecule has 1 unspecified atom stereocenters. The highest BCUT2D eigenvalue weighted by atomic mass is 16.2. The highest BCUT2D eigenvalue weighted by molar-refractivity contribution is 5.91. The number of carbonyl (C=O) groups is 3. The van der Waals surface area contributed by atoms with Crippen LogP contribution in [0.1, 0.15) is 57.6 Å². The molecule has 0 spiro atoms. The molecule has 0 aliphatic rings. The van der Waals surface area contributed by atoms with E-state index in [1.807, 2.05) is 0 Å². The van der Waals surface area contributed by atoms with Gasteiger partial charge in [0.1, 0.15) is 6.04 Å². The fourth-order valence-electron chi connectivity index (χ4n) is 2.39. The number of rotatable bonds is 13. The van der Waals surface area contributed by atoms with E-state index in [2.05, 4.69) is 27.5 Å². The second-order valence-electron chi connectivity index (χ2n) is 6.07. The topological polar surface area (TPSA) is 130 Å². The fraction of sp³-hybridized carbons (Fsp3) is 0.647. The lowest BCUT2D eigenvalue weighted by Gasteiger charge is -2.15. The summed E-state index contributed by atoms with van der Waals surface area (Å²) < 4.78 is 0. The SMILES string of the molecule is CCCCCCCC(=O)NC(CC(=O)NCCc1cnc[nH]1)C(N)=O. The van der Waals surface area contributed by atoms with Crippen molar-refractivity contribution in [1.82, 2.24) is 20.6 Å². The van der Waals surface area contributed by atoms with E-state index in [1.165, 1.54) is 0 Å². The molecular formula is C17H29N5O3. The Balaban J connectivity index is 2.26. The molecule has 0 radical (unpaired) electrons. The zero-order chi connectivity index (χ0) is 18.5. The molecule has 3 amide bonds. The minimum Gasteiger partial charge on any atom is -0.368 e. The molecule has 8 heteroatoms. The lowest BCUT2D eigenvalue weighted by Crippen LogP contribution is -2.47. The number of primary amides is 1. The van der Waals surface area contributed by atoms with E-state index in [1.54, 1.807) is 12.5 Å². The molecule has 0 aliphatic heterocycles. The Labute approximate surface area is 148 Å². The first-order chi connectivity index (χ1) is 12.0. The number of nitrogens with zero attached hydrogens (tertiary/aromatic N) is 1. The van der Waals surface area contributed by atoms with Gasteiger partial charge in [0, 0.05) is 31.3 Å². The minimum absolute atomic E-state index is 0.153. The van der Waals surface area contributed by atoms with Crippen LogP contribution in [-0.2, 0) is 20.8 Å². The minimum atomic E-state index is -0.977. The van der Waals surface area contributed by atoms with E-state index in [9.17, 15) is 14.4 Å². The van der Waals surface area contributed by atoms with Crippen LogP contribution in [-0.4, -0.2) is 40.3 Å². The average molecular weight is 351 g/mol. The van der Waals surface area contributed by atoms with Gasteiger partial charge >= 0.3 is 0 Å². The van der Waals surface area contributed by atoms with Crippen LogP contribution in [0.3, 0.4) is 0 Å². The number of hydrogen-bond acceptors (Lipinski definition) is 4. The van der Waals surface area contributed by atoms with Gasteiger partial charge in [-0.2, -0.15) is 0 Å². The molecule has 25 heavy (non-hydrogen) atoms. The summed E-state index contributed by atoms with van der Waals surface area (Å²) >= 11 is 0. The summed E-state index contributed by atoms with van der Waals surface area (Å²) in [7, 11) is 0. The number of amides is 3. The van der Waals surface area contributed by atoms with Gasteiger partial charge < -0.3 is 21.4 Å². The van der Waals surface area contributed by atoms with E-state index in [4.69, 9.17) is 5.73 Å². The van der Waals surface area contributed by atoms with Crippen molar-refractivity contribution in [1.29, 1.82) is 0 Å². The molecule has 0 aliphatic carbocycles. The largest absolute Gasteiger partial charge is 0.368 e. The van der Waals surface area contributed by atoms with Gasteiger partial charge in [0.15, 0.2) is 0 Å². The van der Waals surface area contributed by atoms with Crippen LogP contribution in [0.25, 0.3) is 0 Å². The molecule has 1 heterocycles. The molecule has 0 bridgehead atoms. The van der Waals surface area contributed by atoms with E-state index in [0.29, 0.717) is 19.4 Å². The van der Waals surface area contributed by atoms with Crippen LogP contribution in [0.15, 0.2) is 12.5 Å². The highest BCUT2D eigenvalue weighted by Gasteiger charge is 2.21. The summed E-state index contributed by atoms with van der Waals surface area (Å²) in [5.41, 5.74) is 6.19. The Bertz CT molecular complexity index is 530. The van der Waals surface area contributed by atoms with E-state index in [0.717, 1.165) is 37.8 Å². The molecule has 8 nitrogen and oxygen atoms in total. The molecule has 1 aromatic rings. The molecule has 1 rings (SSSR count). The number of nitrogens with two attached hydrogens (primary N) is 1. The van der Waals surface area contributed by atoms with E-state index >= 15 is 0 Å². The Morgan fingerprint density at radius 3 is 2.60 bits per heavy atom. The second kappa shape index (κ2) is 12.0. The zero-order valence-electron chi connectivity index (χ0n) is 14.8. The predicted octanol–water partition coefficient (Wildman–Crippen LogP) is 0.789. The van der Waals surface area contributed by atoms with E-state index in [-0.39, 0.29) is 18.2 Å². The quantitative estimate of drug-likeness (QED) is 0.391. The second-order valence-corrected chi connectivity index (χ2v) is 6.07. The summed E-state index contributed by atoms with van der Waals surface area (Å²) in [5.74, 6) is -1.28. The van der Waals surface area contributed by atoms with Gasteiger partial charge in [0.2, 0.25) is 17.7 Å². The van der Waals surface area contributed by atoms with Crippen molar-refractivity contribution in [3.05, 3.63) is 18.2 Å². The maximum absolute atomic E-state index is 11.9. The number of carbonyl (C=O) groups excluding carboxylic acids is 3. The first-order valence-corrected chi connectivity index (χ1v) is 8.85. The molecule has 0 fully saturated rings. The summed E-state index contributed by atoms with van der Waals surface area (Å²) in [6, 6.07) is -0.977. The van der Waals surface area contributed by atoms with Crippen molar-refractivity contribution in [3.8, 4) is 0 Å². The van der Waals surface area contributed by atoms with Crippen molar-refractivity contribution in [3.63, 3.8) is 0 Å². The zero-order valence-corrected chi connectivity index (χ0v) is 14.8. The van der Waals surface area contributed by atoms with Crippen LogP contribution < -0.4 is 16.4 Å². The molecule has 5 N–H and O–H groups in total. The van der Waals surface area contributed by atoms with Crippen LogP contribution >= 0.6 is 0 Å².